The fraction of sp³-hybridized carbons (Fsp3) is 0.357. The first-order valence-corrected chi connectivity index (χ1v) is 6.22. The molecule has 1 aromatic heterocycles. The van der Waals surface area contributed by atoms with Gasteiger partial charge in [-0.1, -0.05) is 18.2 Å². The van der Waals surface area contributed by atoms with Crippen LogP contribution in [-0.4, -0.2) is 30.9 Å². The molecule has 0 unspecified atom stereocenters. The Morgan fingerprint density at radius 3 is 2.75 bits per heavy atom. The molecule has 0 aliphatic carbocycles. The van der Waals surface area contributed by atoms with Crippen molar-refractivity contribution in [1.82, 2.24) is 10.3 Å². The van der Waals surface area contributed by atoms with E-state index in [2.05, 4.69) is 10.3 Å². The smallest absolute Gasteiger partial charge is 0.401 e. The Labute approximate surface area is 114 Å². The maximum absolute atomic E-state index is 11.9. The van der Waals surface area contributed by atoms with Gasteiger partial charge in [0.1, 0.15) is 17.9 Å². The molecule has 0 spiro atoms. The molecule has 0 aliphatic heterocycles. The second kappa shape index (κ2) is 6.09. The van der Waals surface area contributed by atoms with Crippen molar-refractivity contribution < 1.29 is 17.9 Å². The van der Waals surface area contributed by atoms with Gasteiger partial charge >= 0.3 is 6.18 Å². The highest BCUT2D eigenvalue weighted by Crippen LogP contribution is 2.23. The number of alkyl halides is 3. The fourth-order valence-corrected chi connectivity index (χ4v) is 1.80. The number of hydrogen-bond acceptors (Lipinski definition) is 3. The summed E-state index contributed by atoms with van der Waals surface area (Å²) in [5.41, 5.74) is 1.59. The van der Waals surface area contributed by atoms with Crippen LogP contribution in [0.3, 0.4) is 0 Å². The number of ether oxygens (including phenoxy) is 1. The van der Waals surface area contributed by atoms with Crippen LogP contribution in [0, 0.1) is 6.92 Å². The van der Waals surface area contributed by atoms with E-state index in [1.807, 2.05) is 31.2 Å². The number of nitrogens with one attached hydrogen (secondary N) is 1. The predicted molar refractivity (Wildman–Crippen MR) is 70.9 cm³/mol. The molecule has 2 rings (SSSR count). The lowest BCUT2D eigenvalue weighted by Crippen LogP contribution is -2.31. The summed E-state index contributed by atoms with van der Waals surface area (Å²) in [6.07, 6.45) is -4.20. The number of aromatic nitrogens is 1. The third-order valence-corrected chi connectivity index (χ3v) is 2.68. The van der Waals surface area contributed by atoms with Crippen molar-refractivity contribution in [2.24, 2.45) is 0 Å². The Morgan fingerprint density at radius 2 is 2.00 bits per heavy atom. The first-order valence-electron chi connectivity index (χ1n) is 6.22. The number of rotatable bonds is 5. The summed E-state index contributed by atoms with van der Waals surface area (Å²) in [5, 5.41) is 3.23. The molecule has 0 saturated heterocycles. The summed E-state index contributed by atoms with van der Waals surface area (Å²) in [6.45, 7) is 1.15. The van der Waals surface area contributed by atoms with Gasteiger partial charge in [-0.2, -0.15) is 13.2 Å². The van der Waals surface area contributed by atoms with Crippen molar-refractivity contribution in [2.75, 3.05) is 19.7 Å². The van der Waals surface area contributed by atoms with Crippen LogP contribution in [0.4, 0.5) is 13.2 Å². The molecule has 0 atom stereocenters. The second-order valence-corrected chi connectivity index (χ2v) is 4.42. The van der Waals surface area contributed by atoms with Crippen LogP contribution in [0.25, 0.3) is 10.9 Å². The van der Waals surface area contributed by atoms with E-state index in [1.165, 1.54) is 0 Å². The zero-order chi connectivity index (χ0) is 14.6. The van der Waals surface area contributed by atoms with E-state index in [0.29, 0.717) is 5.75 Å². The average Bonchev–Trinajstić information content (AvgIpc) is 2.37. The third-order valence-electron chi connectivity index (χ3n) is 2.68. The van der Waals surface area contributed by atoms with Crippen LogP contribution >= 0.6 is 0 Å². The van der Waals surface area contributed by atoms with Gasteiger partial charge in [0.05, 0.1) is 6.54 Å². The van der Waals surface area contributed by atoms with Gasteiger partial charge in [-0.25, -0.2) is 4.98 Å². The van der Waals surface area contributed by atoms with Crippen molar-refractivity contribution in [1.29, 1.82) is 0 Å². The number of para-hydroxylation sites is 1. The minimum Gasteiger partial charge on any atom is -0.490 e. The normalized spacial score (nSPS) is 11.8. The third kappa shape index (κ3) is 4.09. The van der Waals surface area contributed by atoms with Crippen molar-refractivity contribution in [2.45, 2.75) is 13.1 Å². The molecule has 3 nitrogen and oxygen atoms in total. The van der Waals surface area contributed by atoms with Crippen molar-refractivity contribution >= 4 is 10.9 Å². The van der Waals surface area contributed by atoms with Crippen LogP contribution in [-0.2, 0) is 0 Å². The first kappa shape index (κ1) is 14.6. The van der Waals surface area contributed by atoms with E-state index in [-0.39, 0.29) is 13.2 Å². The number of hydrogen-bond donors (Lipinski definition) is 1. The fourth-order valence-electron chi connectivity index (χ4n) is 1.80. The Hall–Kier alpha value is -1.82. The molecule has 20 heavy (non-hydrogen) atoms. The van der Waals surface area contributed by atoms with E-state index < -0.39 is 12.7 Å². The van der Waals surface area contributed by atoms with E-state index >= 15 is 0 Å². The lowest BCUT2D eigenvalue weighted by Gasteiger charge is -2.11. The maximum atomic E-state index is 11.9. The summed E-state index contributed by atoms with van der Waals surface area (Å²) in [6, 6.07) is 9.34. The number of halogens is 3. The highest BCUT2D eigenvalue weighted by molar-refractivity contribution is 5.84. The van der Waals surface area contributed by atoms with Crippen LogP contribution in [0.1, 0.15) is 5.69 Å². The van der Waals surface area contributed by atoms with Crippen LogP contribution in [0.5, 0.6) is 5.75 Å². The highest BCUT2D eigenvalue weighted by Gasteiger charge is 2.25. The monoisotopic (exact) mass is 284 g/mol. The average molecular weight is 284 g/mol. The Kier molecular flexibility index (Phi) is 4.44. The molecular weight excluding hydrogens is 269 g/mol. The number of benzene rings is 1. The molecule has 0 radical (unpaired) electrons. The molecule has 0 saturated carbocycles. The molecule has 1 N–H and O–H groups in total. The van der Waals surface area contributed by atoms with Crippen molar-refractivity contribution in [3.63, 3.8) is 0 Å². The number of pyridine rings is 1. The van der Waals surface area contributed by atoms with Gasteiger partial charge < -0.3 is 10.1 Å². The standard InChI is InChI=1S/C14H15F3N2O/c1-10-5-6-11-3-2-4-12(13(11)19-10)20-8-7-18-9-14(15,16)17/h2-6,18H,7-9H2,1H3. The predicted octanol–water partition coefficient (Wildman–Crippen LogP) is 3.07. The van der Waals surface area contributed by atoms with Crippen molar-refractivity contribution in [3.8, 4) is 5.75 Å². The maximum Gasteiger partial charge on any atom is 0.401 e. The van der Waals surface area contributed by atoms with Crippen LogP contribution in [0.2, 0.25) is 0 Å². The summed E-state index contributed by atoms with van der Waals surface area (Å²) in [4.78, 5) is 4.39. The van der Waals surface area contributed by atoms with E-state index in [0.717, 1.165) is 16.6 Å². The largest absolute Gasteiger partial charge is 0.490 e. The quantitative estimate of drug-likeness (QED) is 0.857. The van der Waals surface area contributed by atoms with Crippen LogP contribution < -0.4 is 10.1 Å². The SMILES string of the molecule is Cc1ccc2cccc(OCCNCC(F)(F)F)c2n1. The molecule has 1 aromatic carbocycles. The minimum absolute atomic E-state index is 0.127. The van der Waals surface area contributed by atoms with Gasteiger partial charge in [-0.05, 0) is 19.1 Å². The number of fused-ring (bicyclic) bond motifs is 1. The van der Waals surface area contributed by atoms with Gasteiger partial charge in [0.15, 0.2) is 0 Å². The Morgan fingerprint density at radius 1 is 1.20 bits per heavy atom. The minimum atomic E-state index is -4.20. The van der Waals surface area contributed by atoms with Gasteiger partial charge in [0.25, 0.3) is 0 Å². The topological polar surface area (TPSA) is 34.1 Å². The van der Waals surface area contributed by atoms with E-state index in [9.17, 15) is 13.2 Å². The number of nitrogens with zero attached hydrogens (tertiary/aromatic N) is 1. The molecule has 0 amide bonds. The molecular formula is C14H15F3N2O. The molecule has 0 bridgehead atoms. The first-order chi connectivity index (χ1) is 9.46. The number of aryl methyl sites for hydroxylation is 1. The van der Waals surface area contributed by atoms with Gasteiger partial charge in [-0.3, -0.25) is 0 Å². The Balaban J connectivity index is 1.95. The lowest BCUT2D eigenvalue weighted by molar-refractivity contribution is -0.124. The highest BCUT2D eigenvalue weighted by atomic mass is 19.4. The molecule has 6 heteroatoms. The van der Waals surface area contributed by atoms with Crippen LogP contribution in [0.15, 0.2) is 30.3 Å². The van der Waals surface area contributed by atoms with E-state index in [4.69, 9.17) is 4.74 Å². The zero-order valence-corrected chi connectivity index (χ0v) is 11.0. The Bertz CT molecular complexity index is 584. The summed E-state index contributed by atoms with van der Waals surface area (Å²) < 4.78 is 41.3. The van der Waals surface area contributed by atoms with Gasteiger partial charge in [0.2, 0.25) is 0 Å². The summed E-state index contributed by atoms with van der Waals surface area (Å²) in [5.74, 6) is 0.583. The summed E-state index contributed by atoms with van der Waals surface area (Å²) in [7, 11) is 0. The van der Waals surface area contributed by atoms with E-state index in [1.54, 1.807) is 6.07 Å². The lowest BCUT2D eigenvalue weighted by atomic mass is 10.2. The molecule has 1 heterocycles. The molecule has 2 aromatic rings. The second-order valence-electron chi connectivity index (χ2n) is 4.42. The molecule has 0 aliphatic rings. The van der Waals surface area contributed by atoms with Gasteiger partial charge in [-0.15, -0.1) is 0 Å². The van der Waals surface area contributed by atoms with Gasteiger partial charge in [0, 0.05) is 17.6 Å². The summed E-state index contributed by atoms with van der Waals surface area (Å²) >= 11 is 0. The van der Waals surface area contributed by atoms with Crippen molar-refractivity contribution in [3.05, 3.63) is 36.0 Å². The zero-order valence-electron chi connectivity index (χ0n) is 11.0. The molecule has 0 fully saturated rings. The molecule has 108 valence electrons.